The molecule has 10 heteroatoms. The van der Waals surface area contributed by atoms with Crippen LogP contribution in [0.2, 0.25) is 5.02 Å². The second-order valence-electron chi connectivity index (χ2n) is 6.63. The lowest BCUT2D eigenvalue weighted by molar-refractivity contribution is 0.0520. The Bertz CT molecular complexity index is 888. The number of H-pyrrole nitrogens is 1. The van der Waals surface area contributed by atoms with Crippen molar-refractivity contribution in [2.45, 2.75) is 32.9 Å². The van der Waals surface area contributed by atoms with Crippen LogP contribution in [0, 0.1) is 12.8 Å². The maximum absolute atomic E-state index is 14.8. The maximum Gasteiger partial charge on any atom is 0.357 e. The fourth-order valence-electron chi connectivity index (χ4n) is 3.17. The molecule has 28 heavy (non-hydrogen) atoms. The van der Waals surface area contributed by atoms with E-state index in [0.717, 1.165) is 5.69 Å². The van der Waals surface area contributed by atoms with E-state index in [2.05, 4.69) is 25.9 Å². The average molecular weight is 493 g/mol. The zero-order chi connectivity index (χ0) is 20.4. The number of Topliss-reactive ketones (excluding diaryl/α,β-unsaturated/α-hetero) is 1. The van der Waals surface area contributed by atoms with Crippen LogP contribution < -0.4 is 4.90 Å². The molecule has 0 saturated carbocycles. The number of thiazole rings is 1. The van der Waals surface area contributed by atoms with Crippen LogP contribution in [0.4, 0.5) is 9.52 Å². The third-order valence-electron chi connectivity index (χ3n) is 4.70. The molecule has 152 valence electrons. The first kappa shape index (κ1) is 21.3. The van der Waals surface area contributed by atoms with E-state index < -0.39 is 12.1 Å². The van der Waals surface area contributed by atoms with Crippen LogP contribution in [-0.2, 0) is 4.74 Å². The summed E-state index contributed by atoms with van der Waals surface area (Å²) in [5.74, 6) is -1.06. The standard InChI is InChI=1S/C18H20BrClFN3O3S/c1-3-27-17(26)12-8-28-18(23-12)24-5-4-10(11(21)7-24)6-13(25)16-15(20)14(19)9(2)22-16/h8,10-11,22H,3-7H2,1-2H3/t10-,11-/m0/s1. The number of esters is 1. The predicted molar refractivity (Wildman–Crippen MR) is 110 cm³/mol. The number of carbonyl (C=O) groups excluding carboxylic acids is 2. The van der Waals surface area contributed by atoms with Gasteiger partial charge in [-0.1, -0.05) is 11.6 Å². The van der Waals surface area contributed by atoms with Crippen LogP contribution in [0.5, 0.6) is 0 Å². The smallest absolute Gasteiger partial charge is 0.357 e. The van der Waals surface area contributed by atoms with E-state index in [-0.39, 0.29) is 37.0 Å². The fraction of sp³-hybridized carbons (Fsp3) is 0.500. The van der Waals surface area contributed by atoms with Gasteiger partial charge < -0.3 is 14.6 Å². The molecule has 1 N–H and O–H groups in total. The summed E-state index contributed by atoms with van der Waals surface area (Å²) in [6.07, 6.45) is -0.571. The summed E-state index contributed by atoms with van der Waals surface area (Å²) in [4.78, 5) is 33.3. The minimum absolute atomic E-state index is 0.0903. The molecule has 0 spiro atoms. The molecule has 0 unspecified atom stereocenters. The molecule has 2 aromatic heterocycles. The van der Waals surface area contributed by atoms with Gasteiger partial charge in [0.2, 0.25) is 0 Å². The number of halogens is 3. The van der Waals surface area contributed by atoms with Gasteiger partial charge in [-0.05, 0) is 36.2 Å². The Kier molecular flexibility index (Phi) is 6.77. The minimum atomic E-state index is -1.18. The number of alkyl halides is 1. The summed E-state index contributed by atoms with van der Waals surface area (Å²) in [6.45, 7) is 4.51. The molecule has 1 fully saturated rings. The first-order valence-corrected chi connectivity index (χ1v) is 10.9. The van der Waals surface area contributed by atoms with Crippen LogP contribution in [-0.4, -0.2) is 47.6 Å². The van der Waals surface area contributed by atoms with Gasteiger partial charge in [0.1, 0.15) is 11.9 Å². The van der Waals surface area contributed by atoms with Crippen molar-refractivity contribution >= 4 is 55.8 Å². The average Bonchev–Trinajstić information content (AvgIpc) is 3.25. The Hall–Kier alpha value is -1.45. The van der Waals surface area contributed by atoms with Gasteiger partial charge >= 0.3 is 5.97 Å². The number of piperidine rings is 1. The van der Waals surface area contributed by atoms with Crippen LogP contribution in [0.25, 0.3) is 0 Å². The van der Waals surface area contributed by atoms with E-state index in [9.17, 15) is 14.0 Å². The molecule has 1 aliphatic rings. The molecular formula is C18H20BrClFN3O3S. The monoisotopic (exact) mass is 491 g/mol. The number of aryl methyl sites for hydroxylation is 1. The topological polar surface area (TPSA) is 75.3 Å². The van der Waals surface area contributed by atoms with Gasteiger partial charge in [-0.15, -0.1) is 11.3 Å². The Labute approximate surface area is 179 Å². The van der Waals surface area contributed by atoms with Crippen molar-refractivity contribution in [3.63, 3.8) is 0 Å². The van der Waals surface area contributed by atoms with E-state index >= 15 is 0 Å². The molecule has 3 rings (SSSR count). The van der Waals surface area contributed by atoms with E-state index in [1.165, 1.54) is 11.3 Å². The van der Waals surface area contributed by atoms with Crippen LogP contribution >= 0.6 is 38.9 Å². The zero-order valence-electron chi connectivity index (χ0n) is 15.4. The molecule has 0 radical (unpaired) electrons. The lowest BCUT2D eigenvalue weighted by Gasteiger charge is -2.34. The Morgan fingerprint density at radius 1 is 1.54 bits per heavy atom. The first-order chi connectivity index (χ1) is 13.3. The third-order valence-corrected chi connectivity index (χ3v) is 7.20. The number of aromatic nitrogens is 2. The minimum Gasteiger partial charge on any atom is -0.461 e. The molecule has 0 bridgehead atoms. The van der Waals surface area contributed by atoms with Gasteiger partial charge in [-0.3, -0.25) is 4.79 Å². The van der Waals surface area contributed by atoms with Crippen LogP contribution in [0.3, 0.4) is 0 Å². The van der Waals surface area contributed by atoms with Gasteiger partial charge in [0.15, 0.2) is 16.6 Å². The first-order valence-electron chi connectivity index (χ1n) is 8.90. The normalized spacial score (nSPS) is 19.7. The molecule has 6 nitrogen and oxygen atoms in total. The Morgan fingerprint density at radius 3 is 2.89 bits per heavy atom. The number of rotatable bonds is 6. The second-order valence-corrected chi connectivity index (χ2v) is 8.63. The van der Waals surface area contributed by atoms with Crippen molar-refractivity contribution < 1.29 is 18.7 Å². The van der Waals surface area contributed by atoms with Crippen LogP contribution in [0.15, 0.2) is 9.85 Å². The van der Waals surface area contributed by atoms with Gasteiger partial charge in [0.05, 0.1) is 22.6 Å². The van der Waals surface area contributed by atoms with Gasteiger partial charge in [-0.2, -0.15) is 0 Å². The van der Waals surface area contributed by atoms with Gasteiger partial charge in [0, 0.05) is 30.0 Å². The molecule has 2 atom stereocenters. The van der Waals surface area contributed by atoms with Crippen molar-refractivity contribution in [3.05, 3.63) is 32.0 Å². The maximum atomic E-state index is 14.8. The van der Waals surface area contributed by atoms with Crippen LogP contribution in [0.1, 0.15) is 46.4 Å². The van der Waals surface area contributed by atoms with E-state index in [1.807, 2.05) is 6.92 Å². The van der Waals surface area contributed by atoms with Crippen molar-refractivity contribution in [2.75, 3.05) is 24.6 Å². The van der Waals surface area contributed by atoms with Crippen molar-refractivity contribution in [3.8, 4) is 0 Å². The lowest BCUT2D eigenvalue weighted by Crippen LogP contribution is -2.42. The summed E-state index contributed by atoms with van der Waals surface area (Å²) >= 11 is 10.8. The molecule has 3 heterocycles. The van der Waals surface area contributed by atoms with Gasteiger partial charge in [-0.25, -0.2) is 14.2 Å². The quantitative estimate of drug-likeness (QED) is 0.463. The highest BCUT2D eigenvalue weighted by Crippen LogP contribution is 2.34. The highest BCUT2D eigenvalue weighted by atomic mass is 79.9. The summed E-state index contributed by atoms with van der Waals surface area (Å²) in [7, 11) is 0. The van der Waals surface area contributed by atoms with E-state index in [0.29, 0.717) is 33.3 Å². The molecule has 1 aliphatic heterocycles. The Morgan fingerprint density at radius 2 is 2.29 bits per heavy atom. The summed E-state index contributed by atoms with van der Waals surface area (Å²) < 4.78 is 20.4. The molecule has 0 aliphatic carbocycles. The highest BCUT2D eigenvalue weighted by molar-refractivity contribution is 9.10. The number of ketones is 1. The second kappa shape index (κ2) is 8.92. The number of anilines is 1. The molecular weight excluding hydrogens is 473 g/mol. The van der Waals surface area contributed by atoms with Crippen molar-refractivity contribution in [1.29, 1.82) is 0 Å². The lowest BCUT2D eigenvalue weighted by atomic mass is 9.89. The van der Waals surface area contributed by atoms with Crippen molar-refractivity contribution in [1.82, 2.24) is 9.97 Å². The fourth-order valence-corrected chi connectivity index (χ4v) is 4.59. The van der Waals surface area contributed by atoms with Crippen molar-refractivity contribution in [2.24, 2.45) is 5.92 Å². The number of ether oxygens (including phenoxy) is 1. The number of carbonyl (C=O) groups is 2. The summed E-state index contributed by atoms with van der Waals surface area (Å²) in [6, 6.07) is 0. The number of aromatic amines is 1. The largest absolute Gasteiger partial charge is 0.461 e. The third kappa shape index (κ3) is 4.41. The highest BCUT2D eigenvalue weighted by Gasteiger charge is 2.33. The molecule has 0 amide bonds. The number of nitrogens with one attached hydrogen (secondary N) is 1. The van der Waals surface area contributed by atoms with Gasteiger partial charge in [0.25, 0.3) is 0 Å². The summed E-state index contributed by atoms with van der Waals surface area (Å²) in [5, 5.41) is 2.54. The summed E-state index contributed by atoms with van der Waals surface area (Å²) in [5.41, 5.74) is 1.32. The predicted octanol–water partition coefficient (Wildman–Crippen LogP) is 4.81. The number of hydrogen-bond donors (Lipinski definition) is 1. The van der Waals surface area contributed by atoms with E-state index in [4.69, 9.17) is 16.3 Å². The molecule has 2 aromatic rings. The molecule has 0 aromatic carbocycles. The zero-order valence-corrected chi connectivity index (χ0v) is 18.6. The Balaban J connectivity index is 1.61. The number of nitrogens with zero attached hydrogens (tertiary/aromatic N) is 2. The molecule has 1 saturated heterocycles. The number of hydrogen-bond acceptors (Lipinski definition) is 6. The SMILES string of the molecule is CCOC(=O)c1csc(N2CC[C@@H](CC(=O)c3[nH]c(C)c(Br)c3Cl)[C@@H](F)C2)n1. The van der Waals surface area contributed by atoms with E-state index in [1.54, 1.807) is 17.2 Å².